The highest BCUT2D eigenvalue weighted by Crippen LogP contribution is 2.15. The summed E-state index contributed by atoms with van der Waals surface area (Å²) in [5, 5.41) is 0. The van der Waals surface area contributed by atoms with Crippen LogP contribution in [0.4, 0.5) is 0 Å². The standard InChI is InChI=1S/C13H21N3O/c1-6-13-14-9-11(16(13)10(2)3)12(17)7-8-15(4)5/h7-10H,6H2,1-5H3. The minimum Gasteiger partial charge on any atom is -0.383 e. The Balaban J connectivity index is 3.06. The first-order valence-corrected chi connectivity index (χ1v) is 5.92. The molecule has 0 fully saturated rings. The van der Waals surface area contributed by atoms with E-state index in [9.17, 15) is 4.79 Å². The molecule has 0 bridgehead atoms. The zero-order valence-corrected chi connectivity index (χ0v) is 11.3. The molecule has 0 N–H and O–H groups in total. The Labute approximate surface area is 103 Å². The Hall–Kier alpha value is -1.58. The third-order valence-electron chi connectivity index (χ3n) is 2.48. The van der Waals surface area contributed by atoms with Crippen LogP contribution in [0.1, 0.15) is 43.1 Å². The Morgan fingerprint density at radius 2 is 2.18 bits per heavy atom. The highest BCUT2D eigenvalue weighted by atomic mass is 16.1. The number of rotatable bonds is 5. The lowest BCUT2D eigenvalue weighted by Crippen LogP contribution is -2.13. The van der Waals surface area contributed by atoms with Crippen molar-refractivity contribution in [3.63, 3.8) is 0 Å². The van der Waals surface area contributed by atoms with Gasteiger partial charge >= 0.3 is 0 Å². The second kappa shape index (κ2) is 5.66. The molecule has 4 nitrogen and oxygen atoms in total. The molecule has 0 saturated carbocycles. The van der Waals surface area contributed by atoms with E-state index in [1.54, 1.807) is 18.5 Å². The molecule has 1 aromatic rings. The number of hydrogen-bond donors (Lipinski definition) is 0. The van der Waals surface area contributed by atoms with E-state index >= 15 is 0 Å². The summed E-state index contributed by atoms with van der Waals surface area (Å²) in [4.78, 5) is 18.2. The molecule has 1 aromatic heterocycles. The molecule has 1 heterocycles. The fourth-order valence-corrected chi connectivity index (χ4v) is 1.72. The number of aryl methyl sites for hydroxylation is 1. The third kappa shape index (κ3) is 3.19. The number of imidazole rings is 1. The zero-order chi connectivity index (χ0) is 13.0. The van der Waals surface area contributed by atoms with Crippen LogP contribution in [0, 0.1) is 0 Å². The van der Waals surface area contributed by atoms with Crippen LogP contribution in [-0.2, 0) is 6.42 Å². The number of carbonyl (C=O) groups excluding carboxylic acids is 1. The maximum Gasteiger partial charge on any atom is 0.205 e. The van der Waals surface area contributed by atoms with Crippen molar-refractivity contribution in [1.29, 1.82) is 0 Å². The molecule has 0 aliphatic heterocycles. The summed E-state index contributed by atoms with van der Waals surface area (Å²) in [7, 11) is 3.78. The van der Waals surface area contributed by atoms with E-state index in [4.69, 9.17) is 0 Å². The quantitative estimate of drug-likeness (QED) is 0.580. The van der Waals surface area contributed by atoms with Gasteiger partial charge in [0.25, 0.3) is 0 Å². The Morgan fingerprint density at radius 3 is 2.65 bits per heavy atom. The monoisotopic (exact) mass is 235 g/mol. The molecule has 1 rings (SSSR count). The minimum atomic E-state index is -0.000370. The fourth-order valence-electron chi connectivity index (χ4n) is 1.72. The summed E-state index contributed by atoms with van der Waals surface area (Å²) >= 11 is 0. The number of carbonyl (C=O) groups is 1. The van der Waals surface area contributed by atoms with Gasteiger partial charge in [-0.25, -0.2) is 4.98 Å². The first-order valence-electron chi connectivity index (χ1n) is 5.92. The predicted octanol–water partition coefficient (Wildman–Crippen LogP) is 2.28. The summed E-state index contributed by atoms with van der Waals surface area (Å²) in [5.74, 6) is 0.959. The molecule has 0 unspecified atom stereocenters. The van der Waals surface area contributed by atoms with Crippen molar-refractivity contribution in [2.45, 2.75) is 33.2 Å². The number of nitrogens with zero attached hydrogens (tertiary/aromatic N) is 3. The summed E-state index contributed by atoms with van der Waals surface area (Å²) in [5.41, 5.74) is 0.662. The summed E-state index contributed by atoms with van der Waals surface area (Å²) in [6, 6.07) is 0.249. The second-order valence-electron chi connectivity index (χ2n) is 4.52. The largest absolute Gasteiger partial charge is 0.383 e. The highest BCUT2D eigenvalue weighted by Gasteiger charge is 2.15. The molecule has 0 saturated heterocycles. The van der Waals surface area contributed by atoms with Crippen molar-refractivity contribution in [2.75, 3.05) is 14.1 Å². The zero-order valence-electron chi connectivity index (χ0n) is 11.3. The number of ketones is 1. The molecule has 94 valence electrons. The van der Waals surface area contributed by atoms with Crippen molar-refractivity contribution >= 4 is 5.78 Å². The van der Waals surface area contributed by atoms with Crippen LogP contribution in [0.5, 0.6) is 0 Å². The average molecular weight is 235 g/mol. The van der Waals surface area contributed by atoms with Crippen LogP contribution in [-0.4, -0.2) is 34.3 Å². The molecule has 17 heavy (non-hydrogen) atoms. The SMILES string of the molecule is CCc1ncc(C(=O)C=CN(C)C)n1C(C)C. The van der Waals surface area contributed by atoms with E-state index in [0.717, 1.165) is 12.2 Å². The van der Waals surface area contributed by atoms with Gasteiger partial charge in [-0.1, -0.05) is 6.92 Å². The maximum atomic E-state index is 12.0. The van der Waals surface area contributed by atoms with E-state index < -0.39 is 0 Å². The summed E-state index contributed by atoms with van der Waals surface area (Å²) in [6.45, 7) is 6.17. The molecule has 0 atom stereocenters. The van der Waals surface area contributed by atoms with E-state index in [1.807, 2.05) is 30.5 Å². The molecule has 0 amide bonds. The van der Waals surface area contributed by atoms with Crippen LogP contribution in [0.15, 0.2) is 18.5 Å². The summed E-state index contributed by atoms with van der Waals surface area (Å²) < 4.78 is 2.00. The number of aromatic nitrogens is 2. The van der Waals surface area contributed by atoms with E-state index in [-0.39, 0.29) is 11.8 Å². The van der Waals surface area contributed by atoms with Gasteiger partial charge in [0.1, 0.15) is 11.5 Å². The Bertz CT molecular complexity index is 416. The fraction of sp³-hybridized carbons (Fsp3) is 0.538. The van der Waals surface area contributed by atoms with Crippen molar-refractivity contribution in [3.8, 4) is 0 Å². The topological polar surface area (TPSA) is 38.1 Å². The van der Waals surface area contributed by atoms with Crippen molar-refractivity contribution in [2.24, 2.45) is 0 Å². The lowest BCUT2D eigenvalue weighted by atomic mass is 10.2. The first-order chi connectivity index (χ1) is 7.97. The number of allylic oxidation sites excluding steroid dienone is 1. The molecular formula is C13H21N3O. The summed E-state index contributed by atoms with van der Waals surface area (Å²) in [6.07, 6.45) is 5.84. The van der Waals surface area contributed by atoms with Gasteiger partial charge in [0.05, 0.1) is 6.20 Å². The Morgan fingerprint density at radius 1 is 1.53 bits per heavy atom. The van der Waals surface area contributed by atoms with Crippen LogP contribution in [0.2, 0.25) is 0 Å². The lowest BCUT2D eigenvalue weighted by Gasteiger charge is -2.13. The van der Waals surface area contributed by atoms with Gasteiger partial charge in [-0.15, -0.1) is 0 Å². The predicted molar refractivity (Wildman–Crippen MR) is 69.1 cm³/mol. The smallest absolute Gasteiger partial charge is 0.205 e. The minimum absolute atomic E-state index is 0.000370. The first kappa shape index (κ1) is 13.5. The molecule has 0 aromatic carbocycles. The molecule has 0 spiro atoms. The van der Waals surface area contributed by atoms with Gasteiger partial charge in [0, 0.05) is 38.8 Å². The molecule has 0 aliphatic carbocycles. The van der Waals surface area contributed by atoms with Gasteiger partial charge in [-0.2, -0.15) is 0 Å². The van der Waals surface area contributed by atoms with Crippen LogP contribution < -0.4 is 0 Å². The van der Waals surface area contributed by atoms with Crippen LogP contribution in [0.25, 0.3) is 0 Å². The van der Waals surface area contributed by atoms with Gasteiger partial charge in [0.15, 0.2) is 0 Å². The van der Waals surface area contributed by atoms with Gasteiger partial charge in [-0.3, -0.25) is 4.79 Å². The van der Waals surface area contributed by atoms with Crippen molar-refractivity contribution < 1.29 is 4.79 Å². The maximum absolute atomic E-state index is 12.0. The van der Waals surface area contributed by atoms with E-state index in [2.05, 4.69) is 18.8 Å². The van der Waals surface area contributed by atoms with Gasteiger partial charge in [0.2, 0.25) is 5.78 Å². The van der Waals surface area contributed by atoms with Gasteiger partial charge in [-0.05, 0) is 13.8 Å². The second-order valence-corrected chi connectivity index (χ2v) is 4.52. The van der Waals surface area contributed by atoms with Gasteiger partial charge < -0.3 is 9.47 Å². The van der Waals surface area contributed by atoms with E-state index in [0.29, 0.717) is 5.69 Å². The molecule has 0 aliphatic rings. The highest BCUT2D eigenvalue weighted by molar-refractivity contribution is 6.03. The van der Waals surface area contributed by atoms with E-state index in [1.165, 1.54) is 0 Å². The van der Waals surface area contributed by atoms with Crippen molar-refractivity contribution in [1.82, 2.24) is 14.5 Å². The number of hydrogen-bond acceptors (Lipinski definition) is 3. The molecular weight excluding hydrogens is 214 g/mol. The normalized spacial score (nSPS) is 11.4. The van der Waals surface area contributed by atoms with Crippen LogP contribution >= 0.6 is 0 Å². The molecule has 0 radical (unpaired) electrons. The van der Waals surface area contributed by atoms with Crippen LogP contribution in [0.3, 0.4) is 0 Å². The molecule has 4 heteroatoms. The van der Waals surface area contributed by atoms with Crippen molar-refractivity contribution in [3.05, 3.63) is 30.0 Å². The lowest BCUT2D eigenvalue weighted by molar-refractivity contribution is 0.103. The third-order valence-corrected chi connectivity index (χ3v) is 2.48. The average Bonchev–Trinajstić information content (AvgIpc) is 2.69. The Kier molecular flexibility index (Phi) is 4.49.